The summed E-state index contributed by atoms with van der Waals surface area (Å²) in [6.45, 7) is 7.61. The molecule has 0 aromatic rings. The molecule has 19 heavy (non-hydrogen) atoms. The first-order valence-electron chi connectivity index (χ1n) is 7.68. The average Bonchev–Trinajstić information content (AvgIpc) is 2.94. The minimum Gasteiger partial charge on any atom is -0.444 e. The van der Waals surface area contributed by atoms with Gasteiger partial charge in [-0.05, 0) is 53.0 Å². The van der Waals surface area contributed by atoms with E-state index in [1.807, 2.05) is 20.8 Å². The van der Waals surface area contributed by atoms with Gasteiger partial charge in [0.2, 0.25) is 0 Å². The van der Waals surface area contributed by atoms with Gasteiger partial charge in [0, 0.05) is 18.6 Å². The van der Waals surface area contributed by atoms with Crippen LogP contribution in [0.25, 0.3) is 0 Å². The number of hydrogen-bond donors (Lipinski definition) is 1. The summed E-state index contributed by atoms with van der Waals surface area (Å²) in [5.41, 5.74) is -0.412. The number of carbonyl (C=O) groups is 1. The van der Waals surface area contributed by atoms with E-state index in [9.17, 15) is 4.79 Å². The van der Waals surface area contributed by atoms with Crippen LogP contribution in [0.2, 0.25) is 0 Å². The molecule has 0 aromatic carbocycles. The molecule has 1 saturated heterocycles. The molecule has 0 unspecified atom stereocenters. The molecule has 1 N–H and O–H groups in total. The number of amides is 1. The minimum atomic E-state index is -0.412. The van der Waals surface area contributed by atoms with Crippen molar-refractivity contribution in [3.63, 3.8) is 0 Å². The van der Waals surface area contributed by atoms with Gasteiger partial charge in [0.1, 0.15) is 5.60 Å². The smallest absolute Gasteiger partial charge is 0.407 e. The molecule has 4 nitrogen and oxygen atoms in total. The third kappa shape index (κ3) is 4.37. The fourth-order valence-corrected chi connectivity index (χ4v) is 3.31. The number of rotatable bonds is 3. The summed E-state index contributed by atoms with van der Waals surface area (Å²) in [6.07, 6.45) is 7.58. The summed E-state index contributed by atoms with van der Waals surface area (Å²) in [6, 6.07) is 1.27. The largest absolute Gasteiger partial charge is 0.444 e. The molecule has 110 valence electrons. The van der Waals surface area contributed by atoms with E-state index in [1.54, 1.807) is 0 Å². The Hall–Kier alpha value is -0.770. The Balaban J connectivity index is 1.76. The molecule has 0 aromatic heterocycles. The molecule has 0 bridgehead atoms. The summed E-state index contributed by atoms with van der Waals surface area (Å²) < 4.78 is 5.29. The van der Waals surface area contributed by atoms with Gasteiger partial charge >= 0.3 is 6.09 Å². The van der Waals surface area contributed by atoms with E-state index in [-0.39, 0.29) is 6.09 Å². The number of hydrogen-bond acceptors (Lipinski definition) is 3. The molecule has 1 aliphatic heterocycles. The molecule has 2 aliphatic rings. The van der Waals surface area contributed by atoms with Crippen molar-refractivity contribution < 1.29 is 9.53 Å². The third-order valence-electron chi connectivity index (χ3n) is 4.10. The van der Waals surface area contributed by atoms with Crippen LogP contribution in [-0.2, 0) is 4.74 Å². The van der Waals surface area contributed by atoms with Gasteiger partial charge in [-0.25, -0.2) is 4.79 Å². The van der Waals surface area contributed by atoms with Gasteiger partial charge in [0.15, 0.2) is 0 Å². The highest BCUT2D eigenvalue weighted by Gasteiger charge is 2.32. The quantitative estimate of drug-likeness (QED) is 0.855. The SMILES string of the molecule is CC(C)(C)OC(=O)NC[C@H]1CCCN1C1CCCC1. The summed E-state index contributed by atoms with van der Waals surface area (Å²) in [5.74, 6) is 0. The van der Waals surface area contributed by atoms with Crippen LogP contribution < -0.4 is 5.32 Å². The van der Waals surface area contributed by atoms with Crippen LogP contribution in [0, 0.1) is 0 Å². The molecule has 0 radical (unpaired) electrons. The molecule has 2 fully saturated rings. The molecule has 0 spiro atoms. The highest BCUT2D eigenvalue weighted by molar-refractivity contribution is 5.67. The molecular weight excluding hydrogens is 240 g/mol. The van der Waals surface area contributed by atoms with Gasteiger partial charge in [-0.3, -0.25) is 4.90 Å². The fourth-order valence-electron chi connectivity index (χ4n) is 3.31. The van der Waals surface area contributed by atoms with Gasteiger partial charge in [0.05, 0.1) is 0 Å². The van der Waals surface area contributed by atoms with Crippen molar-refractivity contribution >= 4 is 6.09 Å². The average molecular weight is 268 g/mol. The summed E-state index contributed by atoms with van der Waals surface area (Å²) in [5, 5.41) is 2.93. The lowest BCUT2D eigenvalue weighted by Crippen LogP contribution is -2.45. The van der Waals surface area contributed by atoms with E-state index in [0.717, 1.165) is 12.6 Å². The second kappa shape index (κ2) is 6.12. The van der Waals surface area contributed by atoms with E-state index in [4.69, 9.17) is 4.74 Å². The molecule has 1 amide bonds. The van der Waals surface area contributed by atoms with Crippen molar-refractivity contribution in [1.29, 1.82) is 0 Å². The Morgan fingerprint density at radius 3 is 2.53 bits per heavy atom. The van der Waals surface area contributed by atoms with E-state index in [2.05, 4.69) is 10.2 Å². The first-order chi connectivity index (χ1) is 8.96. The Kier molecular flexibility index (Phi) is 4.71. The standard InChI is InChI=1S/C15H28N2O2/c1-15(2,3)19-14(18)16-11-13-9-6-10-17(13)12-7-4-5-8-12/h12-13H,4-11H2,1-3H3,(H,16,18)/t13-/m1/s1. The predicted octanol–water partition coefficient (Wildman–Crippen LogP) is 2.92. The minimum absolute atomic E-state index is 0.286. The topological polar surface area (TPSA) is 41.6 Å². The molecule has 2 rings (SSSR count). The third-order valence-corrected chi connectivity index (χ3v) is 4.10. The zero-order chi connectivity index (χ0) is 13.9. The molecule has 4 heteroatoms. The number of alkyl carbamates (subject to hydrolysis) is 1. The van der Waals surface area contributed by atoms with Gasteiger partial charge in [-0.15, -0.1) is 0 Å². The van der Waals surface area contributed by atoms with Crippen molar-refractivity contribution in [3.05, 3.63) is 0 Å². The first-order valence-corrected chi connectivity index (χ1v) is 7.68. The van der Waals surface area contributed by atoms with Gasteiger partial charge in [0.25, 0.3) is 0 Å². The van der Waals surface area contributed by atoms with E-state index in [0.29, 0.717) is 6.04 Å². The van der Waals surface area contributed by atoms with Gasteiger partial charge in [-0.1, -0.05) is 12.8 Å². The van der Waals surface area contributed by atoms with Gasteiger partial charge in [-0.2, -0.15) is 0 Å². The highest BCUT2D eigenvalue weighted by atomic mass is 16.6. The first kappa shape index (κ1) is 14.6. The Morgan fingerprint density at radius 2 is 1.89 bits per heavy atom. The van der Waals surface area contributed by atoms with Crippen LogP contribution in [0.1, 0.15) is 59.3 Å². The monoisotopic (exact) mass is 268 g/mol. The second-order valence-electron chi connectivity index (χ2n) is 6.85. The van der Waals surface area contributed by atoms with Crippen molar-refractivity contribution in [1.82, 2.24) is 10.2 Å². The van der Waals surface area contributed by atoms with Crippen LogP contribution in [0.5, 0.6) is 0 Å². The summed E-state index contributed by atoms with van der Waals surface area (Å²) in [7, 11) is 0. The van der Waals surface area contributed by atoms with Crippen molar-refractivity contribution in [2.24, 2.45) is 0 Å². The van der Waals surface area contributed by atoms with Crippen molar-refractivity contribution in [2.75, 3.05) is 13.1 Å². The van der Waals surface area contributed by atoms with Crippen LogP contribution in [-0.4, -0.2) is 41.8 Å². The Morgan fingerprint density at radius 1 is 1.21 bits per heavy atom. The number of likely N-dealkylation sites (tertiary alicyclic amines) is 1. The van der Waals surface area contributed by atoms with Crippen LogP contribution >= 0.6 is 0 Å². The molecular formula is C15H28N2O2. The van der Waals surface area contributed by atoms with Crippen molar-refractivity contribution in [3.8, 4) is 0 Å². The zero-order valence-corrected chi connectivity index (χ0v) is 12.6. The van der Waals surface area contributed by atoms with E-state index in [1.165, 1.54) is 45.1 Å². The van der Waals surface area contributed by atoms with Crippen LogP contribution in [0.4, 0.5) is 4.79 Å². The lowest BCUT2D eigenvalue weighted by molar-refractivity contribution is 0.0507. The molecule has 1 saturated carbocycles. The number of nitrogens with one attached hydrogen (secondary N) is 1. The summed E-state index contributed by atoms with van der Waals surface area (Å²) in [4.78, 5) is 14.3. The predicted molar refractivity (Wildman–Crippen MR) is 76.2 cm³/mol. The second-order valence-corrected chi connectivity index (χ2v) is 6.85. The summed E-state index contributed by atoms with van der Waals surface area (Å²) >= 11 is 0. The zero-order valence-electron chi connectivity index (χ0n) is 12.6. The number of ether oxygens (including phenoxy) is 1. The van der Waals surface area contributed by atoms with E-state index < -0.39 is 5.60 Å². The molecule has 1 atom stereocenters. The Labute approximate surface area is 116 Å². The Bertz CT molecular complexity index is 306. The fraction of sp³-hybridized carbons (Fsp3) is 0.933. The van der Waals surface area contributed by atoms with E-state index >= 15 is 0 Å². The highest BCUT2D eigenvalue weighted by Crippen LogP contribution is 2.29. The van der Waals surface area contributed by atoms with Gasteiger partial charge < -0.3 is 10.1 Å². The lowest BCUT2D eigenvalue weighted by atomic mass is 10.1. The normalized spacial score (nSPS) is 25.7. The maximum Gasteiger partial charge on any atom is 0.407 e. The lowest BCUT2D eigenvalue weighted by Gasteiger charge is -2.30. The van der Waals surface area contributed by atoms with Crippen molar-refractivity contribution in [2.45, 2.75) is 77.0 Å². The number of nitrogens with zero attached hydrogens (tertiary/aromatic N) is 1. The maximum atomic E-state index is 11.7. The van der Waals surface area contributed by atoms with Crippen LogP contribution in [0.3, 0.4) is 0 Å². The van der Waals surface area contributed by atoms with Crippen LogP contribution in [0.15, 0.2) is 0 Å². The number of carbonyl (C=O) groups excluding carboxylic acids is 1. The molecule has 1 heterocycles. The molecule has 1 aliphatic carbocycles. The maximum absolute atomic E-state index is 11.7.